The SMILES string of the molecule is CC.CC.Cc1c(F)ccc2cccc(-c3nc4c5c(nc(OCC67CCCN6CCC7)nc5c3F)N3CCNCC3CC4)c12. The molecule has 2 aromatic heterocycles. The molecule has 9 heteroatoms. The zero-order chi connectivity index (χ0) is 31.7. The minimum Gasteiger partial charge on any atom is -0.461 e. The van der Waals surface area contributed by atoms with Crippen molar-refractivity contribution in [1.29, 1.82) is 0 Å². The maximum Gasteiger partial charge on any atom is 0.319 e. The molecule has 1 unspecified atom stereocenters. The molecule has 0 aliphatic carbocycles. The van der Waals surface area contributed by atoms with Crippen LogP contribution < -0.4 is 15.0 Å². The third kappa shape index (κ3) is 5.42. The Morgan fingerprint density at radius 1 is 0.956 bits per heavy atom. The number of aryl methyl sites for hydroxylation is 2. The first-order valence-corrected chi connectivity index (χ1v) is 17.0. The first-order valence-electron chi connectivity index (χ1n) is 17.0. The van der Waals surface area contributed by atoms with Gasteiger partial charge in [0.15, 0.2) is 5.82 Å². The molecule has 4 aromatic rings. The molecular formula is C36H46F2N6O. The van der Waals surface area contributed by atoms with E-state index in [1.807, 2.05) is 45.9 Å². The van der Waals surface area contributed by atoms with E-state index in [1.54, 1.807) is 13.0 Å². The number of pyridine rings is 1. The molecule has 0 bridgehead atoms. The molecule has 0 amide bonds. The van der Waals surface area contributed by atoms with Gasteiger partial charge in [0.2, 0.25) is 0 Å². The van der Waals surface area contributed by atoms with Crippen LogP contribution in [0.1, 0.15) is 71.1 Å². The van der Waals surface area contributed by atoms with Crippen molar-refractivity contribution in [3.8, 4) is 17.3 Å². The van der Waals surface area contributed by atoms with E-state index in [0.717, 1.165) is 63.1 Å². The second kappa shape index (κ2) is 13.1. The van der Waals surface area contributed by atoms with E-state index in [9.17, 15) is 4.39 Å². The van der Waals surface area contributed by atoms with Crippen LogP contribution in [-0.2, 0) is 6.42 Å². The smallest absolute Gasteiger partial charge is 0.319 e. The highest BCUT2D eigenvalue weighted by molar-refractivity contribution is 6.01. The minimum atomic E-state index is -0.511. The van der Waals surface area contributed by atoms with E-state index in [4.69, 9.17) is 19.7 Å². The van der Waals surface area contributed by atoms with Gasteiger partial charge in [-0.3, -0.25) is 4.90 Å². The highest BCUT2D eigenvalue weighted by Gasteiger charge is 2.45. The first-order chi connectivity index (χ1) is 22.0. The number of piperazine rings is 1. The average molecular weight is 617 g/mol. The van der Waals surface area contributed by atoms with Gasteiger partial charge >= 0.3 is 6.01 Å². The molecule has 0 saturated carbocycles. The quantitative estimate of drug-likeness (QED) is 0.260. The fraction of sp³-hybridized carbons (Fsp3) is 0.528. The molecule has 3 fully saturated rings. The van der Waals surface area contributed by atoms with Gasteiger partial charge in [0.05, 0.1) is 16.6 Å². The summed E-state index contributed by atoms with van der Waals surface area (Å²) in [6.45, 7) is 14.9. The molecule has 45 heavy (non-hydrogen) atoms. The largest absolute Gasteiger partial charge is 0.461 e. The molecule has 0 spiro atoms. The van der Waals surface area contributed by atoms with Crippen molar-refractivity contribution in [3.63, 3.8) is 0 Å². The van der Waals surface area contributed by atoms with Gasteiger partial charge in [0, 0.05) is 31.2 Å². The molecular weight excluding hydrogens is 570 g/mol. The summed E-state index contributed by atoms with van der Waals surface area (Å²) in [5.41, 5.74) is 2.32. The lowest BCUT2D eigenvalue weighted by Gasteiger charge is -2.36. The lowest BCUT2D eigenvalue weighted by molar-refractivity contribution is 0.108. The normalized spacial score (nSPS) is 20.1. The molecule has 240 valence electrons. The molecule has 2 aromatic carbocycles. The maximum absolute atomic E-state index is 16.8. The molecule has 1 N–H and O–H groups in total. The van der Waals surface area contributed by atoms with Crippen LogP contribution in [0.4, 0.5) is 14.6 Å². The van der Waals surface area contributed by atoms with Gasteiger partial charge in [-0.05, 0) is 80.9 Å². The van der Waals surface area contributed by atoms with Crippen molar-refractivity contribution in [3.05, 3.63) is 53.2 Å². The van der Waals surface area contributed by atoms with E-state index in [2.05, 4.69) is 15.1 Å². The van der Waals surface area contributed by atoms with Crippen LogP contribution in [0.2, 0.25) is 0 Å². The van der Waals surface area contributed by atoms with E-state index < -0.39 is 5.82 Å². The Balaban J connectivity index is 0.000000860. The van der Waals surface area contributed by atoms with Crippen LogP contribution in [0.25, 0.3) is 32.9 Å². The van der Waals surface area contributed by atoms with Crippen molar-refractivity contribution in [2.75, 3.05) is 44.2 Å². The minimum absolute atomic E-state index is 0.0294. The third-order valence-corrected chi connectivity index (χ3v) is 9.93. The summed E-state index contributed by atoms with van der Waals surface area (Å²) in [6.07, 6.45) is 6.11. The molecule has 1 atom stereocenters. The number of ether oxygens (including phenoxy) is 1. The summed E-state index contributed by atoms with van der Waals surface area (Å²) in [5, 5.41) is 5.70. The van der Waals surface area contributed by atoms with Gasteiger partial charge in [0.1, 0.15) is 29.5 Å². The van der Waals surface area contributed by atoms with Gasteiger partial charge in [0.25, 0.3) is 0 Å². The van der Waals surface area contributed by atoms with Crippen molar-refractivity contribution in [2.45, 2.75) is 84.7 Å². The van der Waals surface area contributed by atoms with Gasteiger partial charge in [-0.15, -0.1) is 0 Å². The second-order valence-corrected chi connectivity index (χ2v) is 12.1. The van der Waals surface area contributed by atoms with Crippen molar-refractivity contribution >= 4 is 27.5 Å². The number of nitrogens with zero attached hydrogens (tertiary/aromatic N) is 5. The highest BCUT2D eigenvalue weighted by Crippen LogP contribution is 2.42. The zero-order valence-electron chi connectivity index (χ0n) is 27.3. The summed E-state index contributed by atoms with van der Waals surface area (Å²) >= 11 is 0. The van der Waals surface area contributed by atoms with E-state index in [1.165, 1.54) is 18.9 Å². The summed E-state index contributed by atoms with van der Waals surface area (Å²) in [7, 11) is 0. The van der Waals surface area contributed by atoms with Crippen molar-refractivity contribution in [1.82, 2.24) is 25.2 Å². The van der Waals surface area contributed by atoms with Crippen LogP contribution in [0, 0.1) is 18.6 Å². The van der Waals surface area contributed by atoms with Crippen LogP contribution in [-0.4, -0.2) is 70.8 Å². The van der Waals surface area contributed by atoms with Gasteiger partial charge in [-0.25, -0.2) is 13.8 Å². The molecule has 4 aliphatic rings. The van der Waals surface area contributed by atoms with E-state index in [0.29, 0.717) is 40.7 Å². The highest BCUT2D eigenvalue weighted by atomic mass is 19.1. The lowest BCUT2D eigenvalue weighted by atomic mass is 9.95. The number of hydrogen-bond donors (Lipinski definition) is 1. The first kappa shape index (κ1) is 31.5. The third-order valence-electron chi connectivity index (χ3n) is 9.93. The fourth-order valence-electron chi connectivity index (χ4n) is 7.83. The fourth-order valence-corrected chi connectivity index (χ4v) is 7.83. The van der Waals surface area contributed by atoms with Crippen LogP contribution in [0.5, 0.6) is 6.01 Å². The number of halogens is 2. The predicted octanol–water partition coefficient (Wildman–Crippen LogP) is 7.22. The summed E-state index contributed by atoms with van der Waals surface area (Å²) in [4.78, 5) is 19.5. The van der Waals surface area contributed by atoms with Gasteiger partial charge in [-0.2, -0.15) is 9.97 Å². The Bertz CT molecular complexity index is 1680. The molecule has 4 aliphatic heterocycles. The molecule has 8 rings (SSSR count). The summed E-state index contributed by atoms with van der Waals surface area (Å²) < 4.78 is 37.9. The molecule has 3 saturated heterocycles. The Morgan fingerprint density at radius 2 is 1.73 bits per heavy atom. The Morgan fingerprint density at radius 3 is 2.51 bits per heavy atom. The number of anilines is 1. The Kier molecular flexibility index (Phi) is 9.20. The second-order valence-electron chi connectivity index (χ2n) is 12.1. The van der Waals surface area contributed by atoms with Crippen molar-refractivity contribution < 1.29 is 13.5 Å². The zero-order valence-corrected chi connectivity index (χ0v) is 27.3. The number of aromatic nitrogens is 3. The Labute approximate surface area is 265 Å². The Hall–Kier alpha value is -3.43. The van der Waals surface area contributed by atoms with Crippen LogP contribution in [0.15, 0.2) is 30.3 Å². The number of hydrogen-bond acceptors (Lipinski definition) is 7. The molecule has 0 radical (unpaired) electrons. The summed E-state index contributed by atoms with van der Waals surface area (Å²) in [5.74, 6) is -0.112. The molecule has 7 nitrogen and oxygen atoms in total. The predicted molar refractivity (Wildman–Crippen MR) is 178 cm³/mol. The average Bonchev–Trinajstić information content (AvgIpc) is 3.63. The van der Waals surface area contributed by atoms with Crippen molar-refractivity contribution in [2.24, 2.45) is 0 Å². The van der Waals surface area contributed by atoms with Crippen LogP contribution >= 0.6 is 0 Å². The summed E-state index contributed by atoms with van der Waals surface area (Å²) in [6, 6.07) is 9.27. The lowest BCUT2D eigenvalue weighted by Crippen LogP contribution is -2.51. The number of benzene rings is 2. The van der Waals surface area contributed by atoms with Gasteiger partial charge in [-0.1, -0.05) is 52.0 Å². The number of nitrogens with one attached hydrogen (secondary N) is 1. The van der Waals surface area contributed by atoms with E-state index in [-0.39, 0.29) is 34.6 Å². The standard InChI is InChI=1S/C32H34F2N6O.2C2H6/c1-19-23(33)9-7-20-5-2-6-22(25(19)20)28-27(34)29-26-24(36-28)10-8-21-17-35-13-16-40(21)30(26)38-31(37-29)41-18-32-11-3-14-39(32)15-4-12-32;2*1-2/h2,5-7,9,21,35H,3-4,8,10-18H2,1H3;2*1-2H3. The maximum atomic E-state index is 16.8. The molecule has 6 heterocycles. The number of fused-ring (bicyclic) bond motifs is 4. The van der Waals surface area contributed by atoms with Gasteiger partial charge < -0.3 is 15.0 Å². The topological polar surface area (TPSA) is 66.4 Å². The monoisotopic (exact) mass is 616 g/mol. The number of rotatable bonds is 4. The van der Waals surface area contributed by atoms with Crippen LogP contribution in [0.3, 0.4) is 0 Å². The van der Waals surface area contributed by atoms with E-state index >= 15 is 4.39 Å².